The largest absolute Gasteiger partial charge is 0.388 e. The van der Waals surface area contributed by atoms with Gasteiger partial charge in [0.15, 0.2) is 0 Å². The Kier molecular flexibility index (Phi) is 5.44. The van der Waals surface area contributed by atoms with Crippen LogP contribution in [0.5, 0.6) is 0 Å². The van der Waals surface area contributed by atoms with E-state index in [2.05, 4.69) is 39.6 Å². The average molecular weight is 430 g/mol. The summed E-state index contributed by atoms with van der Waals surface area (Å²) in [7, 11) is 0. The number of aliphatic imine (C=N–C) groups is 1. The summed E-state index contributed by atoms with van der Waals surface area (Å²) in [5.74, 6) is 1.03. The van der Waals surface area contributed by atoms with Crippen LogP contribution in [0.15, 0.2) is 23.5 Å². The van der Waals surface area contributed by atoms with Crippen LogP contribution >= 0.6 is 11.6 Å². The van der Waals surface area contributed by atoms with Crippen LogP contribution in [0.1, 0.15) is 45.7 Å². The van der Waals surface area contributed by atoms with Gasteiger partial charge in [-0.25, -0.2) is 9.78 Å². The zero-order valence-corrected chi connectivity index (χ0v) is 18.3. The lowest BCUT2D eigenvalue weighted by molar-refractivity contribution is 0.248. The van der Waals surface area contributed by atoms with Gasteiger partial charge >= 0.3 is 6.03 Å². The molecular weight excluding hydrogens is 402 g/mol. The lowest BCUT2D eigenvalue weighted by Crippen LogP contribution is -2.36. The van der Waals surface area contributed by atoms with E-state index in [0.717, 1.165) is 49.0 Å². The van der Waals surface area contributed by atoms with Gasteiger partial charge in [0.1, 0.15) is 5.82 Å². The fourth-order valence-corrected chi connectivity index (χ4v) is 4.62. The molecule has 30 heavy (non-hydrogen) atoms. The topological polar surface area (TPSA) is 110 Å². The maximum Gasteiger partial charge on any atom is 0.320 e. The fraction of sp³-hybridized carbons (Fsp3) is 0.524. The number of nitrogens with one attached hydrogen (secondary N) is 2. The van der Waals surface area contributed by atoms with Gasteiger partial charge in [-0.1, -0.05) is 25.4 Å². The number of amides is 2. The van der Waals surface area contributed by atoms with Gasteiger partial charge in [0.25, 0.3) is 0 Å². The van der Waals surface area contributed by atoms with Gasteiger partial charge in [-0.05, 0) is 44.1 Å². The number of urea groups is 1. The molecule has 0 spiro atoms. The van der Waals surface area contributed by atoms with Gasteiger partial charge in [-0.2, -0.15) is 5.10 Å². The van der Waals surface area contributed by atoms with Crippen molar-refractivity contribution in [1.29, 1.82) is 0 Å². The highest BCUT2D eigenvalue weighted by atomic mass is 35.5. The molecule has 0 unspecified atom stereocenters. The van der Waals surface area contributed by atoms with E-state index < -0.39 is 0 Å². The van der Waals surface area contributed by atoms with Crippen molar-refractivity contribution in [3.05, 3.63) is 29.2 Å². The molecule has 4 rings (SSSR count). The van der Waals surface area contributed by atoms with Crippen molar-refractivity contribution in [2.45, 2.75) is 65.1 Å². The SMILES string of the molecule is CC(N)=N[C@@H]1CC[C@@H](NC(=O)Nc2cc(-c3cnn4c3CC(C)(C)C4)c(Cl)cn2)C1. The first kappa shape index (κ1) is 20.7. The molecule has 2 amide bonds. The predicted molar refractivity (Wildman–Crippen MR) is 119 cm³/mol. The molecule has 3 heterocycles. The molecule has 2 atom stereocenters. The second-order valence-electron chi connectivity index (χ2n) is 9.09. The zero-order chi connectivity index (χ0) is 21.5. The van der Waals surface area contributed by atoms with E-state index in [1.165, 1.54) is 0 Å². The zero-order valence-electron chi connectivity index (χ0n) is 17.6. The van der Waals surface area contributed by atoms with Crippen LogP contribution in [0, 0.1) is 5.41 Å². The molecule has 2 aromatic heterocycles. The number of pyridine rings is 1. The second-order valence-corrected chi connectivity index (χ2v) is 9.49. The summed E-state index contributed by atoms with van der Waals surface area (Å²) < 4.78 is 2.04. The Labute approximate surface area is 181 Å². The van der Waals surface area contributed by atoms with Crippen LogP contribution in [0.2, 0.25) is 5.02 Å². The Hall–Kier alpha value is -2.61. The minimum absolute atomic E-state index is 0.0750. The van der Waals surface area contributed by atoms with E-state index in [-0.39, 0.29) is 23.5 Å². The van der Waals surface area contributed by atoms with Crippen molar-refractivity contribution < 1.29 is 4.79 Å². The van der Waals surface area contributed by atoms with Crippen molar-refractivity contribution in [2.75, 3.05) is 5.32 Å². The number of nitrogens with zero attached hydrogens (tertiary/aromatic N) is 4. The lowest BCUT2D eigenvalue weighted by atomic mass is 9.89. The number of hydrogen-bond donors (Lipinski definition) is 3. The first-order valence-electron chi connectivity index (χ1n) is 10.3. The molecule has 1 fully saturated rings. The van der Waals surface area contributed by atoms with Crippen LogP contribution < -0.4 is 16.4 Å². The van der Waals surface area contributed by atoms with E-state index in [1.54, 1.807) is 13.1 Å². The third kappa shape index (κ3) is 4.43. The van der Waals surface area contributed by atoms with Crippen molar-refractivity contribution in [1.82, 2.24) is 20.1 Å². The minimum atomic E-state index is -0.281. The Bertz CT molecular complexity index is 993. The minimum Gasteiger partial charge on any atom is -0.388 e. The summed E-state index contributed by atoms with van der Waals surface area (Å²) in [5, 5.41) is 10.9. The average Bonchev–Trinajstić information content (AvgIpc) is 3.30. The van der Waals surface area contributed by atoms with Crippen LogP contribution in [0.4, 0.5) is 10.6 Å². The summed E-state index contributed by atoms with van der Waals surface area (Å²) in [6, 6.07) is 1.78. The third-order valence-corrected chi connectivity index (χ3v) is 5.99. The molecule has 0 aromatic carbocycles. The molecule has 8 nitrogen and oxygen atoms in total. The first-order chi connectivity index (χ1) is 14.2. The van der Waals surface area contributed by atoms with Crippen molar-refractivity contribution in [3.63, 3.8) is 0 Å². The van der Waals surface area contributed by atoms with E-state index in [4.69, 9.17) is 17.3 Å². The maximum atomic E-state index is 12.5. The highest BCUT2D eigenvalue weighted by Gasteiger charge is 2.32. The number of amidine groups is 1. The highest BCUT2D eigenvalue weighted by Crippen LogP contribution is 2.39. The van der Waals surface area contributed by atoms with Gasteiger partial charge in [0, 0.05) is 35.6 Å². The molecule has 4 N–H and O–H groups in total. The van der Waals surface area contributed by atoms with Crippen molar-refractivity contribution in [3.8, 4) is 11.1 Å². The smallest absolute Gasteiger partial charge is 0.320 e. The van der Waals surface area contributed by atoms with Gasteiger partial charge in [-0.3, -0.25) is 15.0 Å². The maximum absolute atomic E-state index is 12.5. The fourth-order valence-electron chi connectivity index (χ4n) is 4.42. The summed E-state index contributed by atoms with van der Waals surface area (Å²) >= 11 is 6.44. The van der Waals surface area contributed by atoms with Gasteiger partial charge < -0.3 is 11.1 Å². The molecule has 0 radical (unpaired) electrons. The molecule has 0 saturated heterocycles. The van der Waals surface area contributed by atoms with Crippen molar-refractivity contribution >= 4 is 29.3 Å². The number of anilines is 1. The second kappa shape index (κ2) is 7.91. The Morgan fingerprint density at radius 1 is 1.33 bits per heavy atom. The normalized spacial score (nSPS) is 22.7. The summed E-state index contributed by atoms with van der Waals surface area (Å²) in [6.45, 7) is 7.12. The van der Waals surface area contributed by atoms with Crippen LogP contribution in [-0.2, 0) is 13.0 Å². The monoisotopic (exact) mass is 429 g/mol. The quantitative estimate of drug-likeness (QED) is 0.509. The first-order valence-corrected chi connectivity index (χ1v) is 10.7. The van der Waals surface area contributed by atoms with Crippen molar-refractivity contribution in [2.24, 2.45) is 16.1 Å². The standard InChI is InChI=1S/C21H28ClN7O/c1-12(23)26-13-4-5-14(6-13)27-20(30)28-19-7-15(17(22)10-24-19)16-9-25-29-11-21(2,3)8-18(16)29/h7,9-10,13-14H,4-6,8,11H2,1-3H3,(H2,23,26)(H2,24,27,28,30)/t13-,14-/m1/s1. The summed E-state index contributed by atoms with van der Waals surface area (Å²) in [5.41, 5.74) is 8.81. The molecule has 2 aromatic rings. The van der Waals surface area contributed by atoms with Gasteiger partial charge in [0.2, 0.25) is 0 Å². The molecular formula is C21H28ClN7O. The Morgan fingerprint density at radius 2 is 2.13 bits per heavy atom. The number of fused-ring (bicyclic) bond motifs is 1. The third-order valence-electron chi connectivity index (χ3n) is 5.69. The Morgan fingerprint density at radius 3 is 2.90 bits per heavy atom. The summed E-state index contributed by atoms with van der Waals surface area (Å²) in [4.78, 5) is 21.1. The number of aromatic nitrogens is 3. The number of carbonyl (C=O) groups is 1. The van der Waals surface area contributed by atoms with E-state index in [0.29, 0.717) is 16.7 Å². The molecule has 9 heteroatoms. The molecule has 1 saturated carbocycles. The Balaban J connectivity index is 1.45. The summed E-state index contributed by atoms with van der Waals surface area (Å²) in [6.07, 6.45) is 6.94. The van der Waals surface area contributed by atoms with Gasteiger partial charge in [-0.15, -0.1) is 0 Å². The van der Waals surface area contributed by atoms with Crippen LogP contribution in [0.25, 0.3) is 11.1 Å². The molecule has 160 valence electrons. The number of rotatable bonds is 4. The molecule has 1 aliphatic carbocycles. The predicted octanol–water partition coefficient (Wildman–Crippen LogP) is 3.60. The van der Waals surface area contributed by atoms with E-state index in [1.807, 2.05) is 16.9 Å². The molecule has 0 bridgehead atoms. The number of halogens is 1. The van der Waals surface area contributed by atoms with Crippen LogP contribution in [0.3, 0.4) is 0 Å². The lowest BCUT2D eigenvalue weighted by Gasteiger charge is -2.15. The number of carbonyl (C=O) groups excluding carboxylic acids is 1. The van der Waals surface area contributed by atoms with Gasteiger partial charge in [0.05, 0.1) is 23.1 Å². The van der Waals surface area contributed by atoms with E-state index in [9.17, 15) is 4.79 Å². The number of nitrogens with two attached hydrogens (primary N) is 1. The molecule has 2 aliphatic rings. The highest BCUT2D eigenvalue weighted by molar-refractivity contribution is 6.33. The van der Waals surface area contributed by atoms with Crippen LogP contribution in [-0.4, -0.2) is 38.7 Å². The number of hydrogen-bond acceptors (Lipinski definition) is 4. The molecule has 1 aliphatic heterocycles. The van der Waals surface area contributed by atoms with E-state index >= 15 is 0 Å².